The molecular weight excluding hydrogens is 292 g/mol. The Hall–Kier alpha value is -2.37. The number of carbonyl (C=O) groups is 2. The van der Waals surface area contributed by atoms with E-state index >= 15 is 0 Å². The molecule has 0 fully saturated rings. The molecule has 0 unspecified atom stereocenters. The van der Waals surface area contributed by atoms with Gasteiger partial charge >= 0.3 is 0 Å². The summed E-state index contributed by atoms with van der Waals surface area (Å²) in [4.78, 5) is 28.9. The van der Waals surface area contributed by atoms with E-state index in [1.165, 1.54) is 0 Å². The summed E-state index contributed by atoms with van der Waals surface area (Å²) in [6.07, 6.45) is 2.64. The standard InChI is InChI=1S/C17H24N4O2/c1-11(2)8-9-18-17(23)15-20-14(16(22)19-12(3)4)13-7-5-6-10-21(13)15/h5-7,10-12H,8-9H2,1-4H3,(H,18,23)(H,19,22). The van der Waals surface area contributed by atoms with Gasteiger partial charge in [-0.3, -0.25) is 14.0 Å². The summed E-state index contributed by atoms with van der Waals surface area (Å²) < 4.78 is 1.65. The number of aromatic nitrogens is 2. The van der Waals surface area contributed by atoms with Crippen LogP contribution in [0.5, 0.6) is 0 Å². The minimum absolute atomic E-state index is 0.00582. The maximum atomic E-state index is 12.4. The number of fused-ring (bicyclic) bond motifs is 1. The fourth-order valence-electron chi connectivity index (χ4n) is 2.25. The van der Waals surface area contributed by atoms with Gasteiger partial charge in [0.1, 0.15) is 0 Å². The predicted octanol–water partition coefficient (Wildman–Crippen LogP) is 2.25. The molecule has 0 spiro atoms. The van der Waals surface area contributed by atoms with Gasteiger partial charge in [-0.2, -0.15) is 0 Å². The molecule has 0 aliphatic heterocycles. The van der Waals surface area contributed by atoms with Crippen molar-refractivity contribution < 1.29 is 9.59 Å². The fraction of sp³-hybridized carbons (Fsp3) is 0.471. The first-order valence-electron chi connectivity index (χ1n) is 7.96. The maximum absolute atomic E-state index is 12.4. The van der Waals surface area contributed by atoms with Crippen molar-refractivity contribution in [3.05, 3.63) is 35.9 Å². The van der Waals surface area contributed by atoms with Gasteiger partial charge in [0.25, 0.3) is 11.8 Å². The van der Waals surface area contributed by atoms with Crippen LogP contribution >= 0.6 is 0 Å². The summed E-state index contributed by atoms with van der Waals surface area (Å²) >= 11 is 0. The number of hydrogen-bond donors (Lipinski definition) is 2. The molecule has 23 heavy (non-hydrogen) atoms. The number of pyridine rings is 1. The first kappa shape index (κ1) is 17.0. The highest BCUT2D eigenvalue weighted by Crippen LogP contribution is 2.13. The molecule has 2 amide bonds. The molecule has 0 radical (unpaired) electrons. The van der Waals surface area contributed by atoms with Crippen molar-refractivity contribution in [2.24, 2.45) is 5.92 Å². The Labute approximate surface area is 136 Å². The molecular formula is C17H24N4O2. The molecule has 2 rings (SSSR count). The van der Waals surface area contributed by atoms with Crippen molar-refractivity contribution in [3.63, 3.8) is 0 Å². The molecule has 2 heterocycles. The van der Waals surface area contributed by atoms with Crippen molar-refractivity contribution in [2.75, 3.05) is 6.54 Å². The van der Waals surface area contributed by atoms with Gasteiger partial charge in [0, 0.05) is 18.8 Å². The Morgan fingerprint density at radius 1 is 1.17 bits per heavy atom. The van der Waals surface area contributed by atoms with E-state index in [0.29, 0.717) is 18.0 Å². The Morgan fingerprint density at radius 3 is 2.57 bits per heavy atom. The second-order valence-electron chi connectivity index (χ2n) is 6.31. The summed E-state index contributed by atoms with van der Waals surface area (Å²) in [5.41, 5.74) is 0.896. The molecule has 0 aliphatic rings. The lowest BCUT2D eigenvalue weighted by atomic mass is 10.1. The van der Waals surface area contributed by atoms with Crippen LogP contribution in [0.1, 0.15) is 55.2 Å². The lowest BCUT2D eigenvalue weighted by Gasteiger charge is -2.06. The Morgan fingerprint density at radius 2 is 1.91 bits per heavy atom. The average molecular weight is 316 g/mol. The van der Waals surface area contributed by atoms with Gasteiger partial charge in [0.2, 0.25) is 5.82 Å². The molecule has 0 saturated carbocycles. The molecule has 2 N–H and O–H groups in total. The van der Waals surface area contributed by atoms with Crippen LogP contribution in [0.3, 0.4) is 0 Å². The number of amides is 2. The van der Waals surface area contributed by atoms with E-state index in [1.807, 2.05) is 26.0 Å². The first-order chi connectivity index (χ1) is 10.9. The maximum Gasteiger partial charge on any atom is 0.287 e. The van der Waals surface area contributed by atoms with Crippen LogP contribution in [0.4, 0.5) is 0 Å². The zero-order valence-corrected chi connectivity index (χ0v) is 14.1. The van der Waals surface area contributed by atoms with Gasteiger partial charge in [-0.05, 0) is 38.3 Å². The average Bonchev–Trinajstić information content (AvgIpc) is 2.85. The highest BCUT2D eigenvalue weighted by molar-refractivity contribution is 6.02. The molecule has 0 atom stereocenters. The molecule has 0 bridgehead atoms. The summed E-state index contributed by atoms with van der Waals surface area (Å²) in [5.74, 6) is 0.207. The molecule has 2 aromatic rings. The number of hydrogen-bond acceptors (Lipinski definition) is 3. The molecule has 0 aliphatic carbocycles. The van der Waals surface area contributed by atoms with Crippen molar-refractivity contribution in [2.45, 2.75) is 40.2 Å². The summed E-state index contributed by atoms with van der Waals surface area (Å²) in [7, 11) is 0. The van der Waals surface area contributed by atoms with Crippen molar-refractivity contribution in [1.82, 2.24) is 20.0 Å². The molecule has 2 aromatic heterocycles. The second kappa shape index (κ2) is 7.26. The third-order valence-corrected chi connectivity index (χ3v) is 3.39. The van der Waals surface area contributed by atoms with E-state index in [0.717, 1.165) is 6.42 Å². The zero-order valence-electron chi connectivity index (χ0n) is 14.1. The number of imidazole rings is 1. The van der Waals surface area contributed by atoms with Crippen LogP contribution in [0, 0.1) is 5.92 Å². The Kier molecular flexibility index (Phi) is 5.36. The van der Waals surface area contributed by atoms with Crippen LogP contribution < -0.4 is 10.6 Å². The minimum Gasteiger partial charge on any atom is -0.349 e. The first-order valence-corrected chi connectivity index (χ1v) is 7.96. The molecule has 0 saturated heterocycles. The van der Waals surface area contributed by atoms with Crippen LogP contribution in [-0.2, 0) is 0 Å². The van der Waals surface area contributed by atoms with Gasteiger partial charge in [0.05, 0.1) is 5.52 Å². The SMILES string of the molecule is CC(C)CCNC(=O)c1nc(C(=O)NC(C)C)c2ccccn12. The number of carbonyl (C=O) groups excluding carboxylic acids is 2. The van der Waals surface area contributed by atoms with Gasteiger partial charge in [-0.25, -0.2) is 4.98 Å². The van der Waals surface area contributed by atoms with Gasteiger partial charge in [-0.15, -0.1) is 0 Å². The molecule has 6 nitrogen and oxygen atoms in total. The lowest BCUT2D eigenvalue weighted by molar-refractivity contribution is 0.0939. The fourth-order valence-corrected chi connectivity index (χ4v) is 2.25. The van der Waals surface area contributed by atoms with E-state index in [4.69, 9.17) is 0 Å². The number of nitrogens with one attached hydrogen (secondary N) is 2. The van der Waals surface area contributed by atoms with Crippen molar-refractivity contribution in [1.29, 1.82) is 0 Å². The van der Waals surface area contributed by atoms with Crippen LogP contribution in [0.25, 0.3) is 5.52 Å². The van der Waals surface area contributed by atoms with E-state index in [-0.39, 0.29) is 29.4 Å². The van der Waals surface area contributed by atoms with Gasteiger partial charge in [0.15, 0.2) is 5.69 Å². The van der Waals surface area contributed by atoms with E-state index in [1.54, 1.807) is 16.7 Å². The highest BCUT2D eigenvalue weighted by Gasteiger charge is 2.21. The van der Waals surface area contributed by atoms with Crippen LogP contribution in [0.2, 0.25) is 0 Å². The zero-order chi connectivity index (χ0) is 17.0. The van der Waals surface area contributed by atoms with Gasteiger partial charge in [-0.1, -0.05) is 19.9 Å². The number of rotatable bonds is 6. The third kappa shape index (κ3) is 4.09. The number of nitrogens with zero attached hydrogens (tertiary/aromatic N) is 2. The predicted molar refractivity (Wildman–Crippen MR) is 89.6 cm³/mol. The summed E-state index contributed by atoms with van der Waals surface area (Å²) in [6, 6.07) is 5.42. The Balaban J connectivity index is 2.30. The van der Waals surface area contributed by atoms with Crippen molar-refractivity contribution in [3.8, 4) is 0 Å². The monoisotopic (exact) mass is 316 g/mol. The summed E-state index contributed by atoms with van der Waals surface area (Å²) in [6.45, 7) is 8.56. The smallest absolute Gasteiger partial charge is 0.287 e. The Bertz CT molecular complexity index is 704. The molecule has 0 aromatic carbocycles. The summed E-state index contributed by atoms with van der Waals surface area (Å²) in [5, 5.41) is 5.68. The molecule has 124 valence electrons. The largest absolute Gasteiger partial charge is 0.349 e. The van der Waals surface area contributed by atoms with E-state index in [2.05, 4.69) is 29.5 Å². The van der Waals surface area contributed by atoms with E-state index in [9.17, 15) is 9.59 Å². The minimum atomic E-state index is -0.273. The van der Waals surface area contributed by atoms with Crippen molar-refractivity contribution >= 4 is 17.3 Å². The topological polar surface area (TPSA) is 75.5 Å². The third-order valence-electron chi connectivity index (χ3n) is 3.39. The normalized spacial score (nSPS) is 11.2. The highest BCUT2D eigenvalue weighted by atomic mass is 16.2. The lowest BCUT2D eigenvalue weighted by Crippen LogP contribution is -2.31. The quantitative estimate of drug-likeness (QED) is 0.858. The van der Waals surface area contributed by atoms with Crippen LogP contribution in [0.15, 0.2) is 24.4 Å². The van der Waals surface area contributed by atoms with E-state index < -0.39 is 0 Å². The molecule has 6 heteroatoms. The van der Waals surface area contributed by atoms with Crippen LogP contribution in [-0.4, -0.2) is 33.8 Å². The van der Waals surface area contributed by atoms with Gasteiger partial charge < -0.3 is 10.6 Å². The second-order valence-corrected chi connectivity index (χ2v) is 6.31.